The van der Waals surface area contributed by atoms with Crippen molar-refractivity contribution in [2.75, 3.05) is 25.9 Å². The summed E-state index contributed by atoms with van der Waals surface area (Å²) in [5.74, 6) is -0.859. The van der Waals surface area contributed by atoms with Crippen molar-refractivity contribution in [3.05, 3.63) is 12.7 Å². The highest BCUT2D eigenvalue weighted by atomic mass is 16.6. The van der Waals surface area contributed by atoms with Gasteiger partial charge in [-0.2, -0.15) is 0 Å². The maximum Gasteiger partial charge on any atom is 0.320 e. The lowest BCUT2D eigenvalue weighted by Gasteiger charge is -2.23. The van der Waals surface area contributed by atoms with Gasteiger partial charge in [-0.05, 0) is 20.0 Å². The first-order valence-corrected chi connectivity index (χ1v) is 8.41. The maximum absolute atomic E-state index is 10.8. The van der Waals surface area contributed by atoms with Gasteiger partial charge in [-0.1, -0.05) is 0 Å². The number of aliphatic hydroxyl groups is 2. The molecule has 12 heteroatoms. The fourth-order valence-electron chi connectivity index (χ4n) is 3.05. The molecule has 3 heterocycles. The van der Waals surface area contributed by atoms with Crippen LogP contribution in [-0.2, 0) is 9.53 Å². The van der Waals surface area contributed by atoms with Crippen LogP contribution in [-0.4, -0.2) is 90.2 Å². The molecule has 0 aliphatic carbocycles. The summed E-state index contributed by atoms with van der Waals surface area (Å²) >= 11 is 0. The van der Waals surface area contributed by atoms with E-state index in [1.807, 2.05) is 0 Å². The molecular weight excluding hydrogens is 358 g/mol. The Balaban J connectivity index is 1.68. The number of hydrogen-bond acceptors (Lipinski definition) is 10. The van der Waals surface area contributed by atoms with Gasteiger partial charge in [0.2, 0.25) is 0 Å². The molecule has 2 aromatic rings. The number of aromatic nitrogens is 4. The second kappa shape index (κ2) is 7.70. The number of nitrogens with zero attached hydrogens (tertiary/aromatic N) is 5. The number of fused-ring (bicyclic) bond motifs is 1. The molecule has 1 aliphatic heterocycles. The predicted octanol–water partition coefficient (Wildman–Crippen LogP) is -2.24. The van der Waals surface area contributed by atoms with Crippen LogP contribution in [0.25, 0.3) is 11.2 Å². The van der Waals surface area contributed by atoms with E-state index < -0.39 is 36.6 Å². The van der Waals surface area contributed by atoms with E-state index in [0.29, 0.717) is 17.7 Å². The molecule has 1 unspecified atom stereocenters. The minimum Gasteiger partial charge on any atom is -0.480 e. The number of ether oxygens (including phenoxy) is 1. The number of likely N-dealkylation sites (N-methyl/N-ethyl adjacent to an activating group) is 1. The molecule has 0 bridgehead atoms. The minimum atomic E-state index is -1.20. The Morgan fingerprint density at radius 1 is 1.37 bits per heavy atom. The number of nitrogen functional groups attached to an aromatic ring is 1. The number of nitrogens with two attached hydrogens (primary N) is 2. The summed E-state index contributed by atoms with van der Waals surface area (Å²) in [5.41, 5.74) is 12.0. The van der Waals surface area contributed by atoms with E-state index in [1.165, 1.54) is 17.2 Å². The van der Waals surface area contributed by atoms with Crippen LogP contribution in [0.5, 0.6) is 0 Å². The average Bonchev–Trinajstić information content (AvgIpc) is 3.17. The zero-order chi connectivity index (χ0) is 19.7. The van der Waals surface area contributed by atoms with Gasteiger partial charge in [-0.3, -0.25) is 9.36 Å². The number of anilines is 1. The molecule has 148 valence electrons. The van der Waals surface area contributed by atoms with Crippen LogP contribution in [0.4, 0.5) is 5.82 Å². The number of hydrogen-bond donors (Lipinski definition) is 5. The quantitative estimate of drug-likeness (QED) is 0.349. The monoisotopic (exact) mass is 381 g/mol. The Bertz CT molecular complexity index is 815. The first-order chi connectivity index (χ1) is 12.8. The predicted molar refractivity (Wildman–Crippen MR) is 93.4 cm³/mol. The van der Waals surface area contributed by atoms with Gasteiger partial charge >= 0.3 is 5.97 Å². The Labute approximate surface area is 154 Å². The first-order valence-electron chi connectivity index (χ1n) is 8.41. The van der Waals surface area contributed by atoms with E-state index in [2.05, 4.69) is 15.0 Å². The number of aliphatic hydroxyl groups excluding tert-OH is 2. The zero-order valence-electron chi connectivity index (χ0n) is 14.7. The van der Waals surface area contributed by atoms with Crippen LogP contribution in [0.3, 0.4) is 0 Å². The molecule has 2 aromatic heterocycles. The van der Waals surface area contributed by atoms with Crippen molar-refractivity contribution in [2.24, 2.45) is 5.73 Å². The SMILES string of the molecule is CN(CCC(N)C(=O)O)C[C@H]1O[C@@H](n2cnc3c(N)ncnc32)[C@H](O)[C@@H]1O. The van der Waals surface area contributed by atoms with Crippen molar-refractivity contribution in [2.45, 2.75) is 37.0 Å². The molecule has 7 N–H and O–H groups in total. The summed E-state index contributed by atoms with van der Waals surface area (Å²) in [5, 5.41) is 29.6. The fourth-order valence-corrected chi connectivity index (χ4v) is 3.05. The van der Waals surface area contributed by atoms with E-state index in [4.69, 9.17) is 21.3 Å². The van der Waals surface area contributed by atoms with Gasteiger partial charge in [0.25, 0.3) is 0 Å². The van der Waals surface area contributed by atoms with Crippen molar-refractivity contribution in [3.8, 4) is 0 Å². The summed E-state index contributed by atoms with van der Waals surface area (Å²) in [4.78, 5) is 24.7. The molecule has 0 amide bonds. The van der Waals surface area contributed by atoms with Crippen LogP contribution in [0, 0.1) is 0 Å². The third-order valence-electron chi connectivity index (χ3n) is 4.63. The van der Waals surface area contributed by atoms with Gasteiger partial charge in [0, 0.05) is 6.54 Å². The van der Waals surface area contributed by atoms with Crippen LogP contribution < -0.4 is 11.5 Å². The molecule has 0 aromatic carbocycles. The van der Waals surface area contributed by atoms with Crippen molar-refractivity contribution < 1.29 is 24.9 Å². The topological polar surface area (TPSA) is 186 Å². The highest BCUT2D eigenvalue weighted by molar-refractivity contribution is 5.81. The van der Waals surface area contributed by atoms with Crippen molar-refractivity contribution in [1.82, 2.24) is 24.4 Å². The summed E-state index contributed by atoms with van der Waals surface area (Å²) < 4.78 is 7.34. The molecule has 1 fully saturated rings. The zero-order valence-corrected chi connectivity index (χ0v) is 14.7. The van der Waals surface area contributed by atoms with Gasteiger partial charge in [-0.15, -0.1) is 0 Å². The third kappa shape index (κ3) is 3.84. The maximum atomic E-state index is 10.8. The highest BCUT2D eigenvalue weighted by Crippen LogP contribution is 2.32. The van der Waals surface area contributed by atoms with E-state index >= 15 is 0 Å². The number of carbonyl (C=O) groups is 1. The van der Waals surface area contributed by atoms with Crippen LogP contribution in [0.2, 0.25) is 0 Å². The lowest BCUT2D eigenvalue weighted by Crippen LogP contribution is -2.40. The Morgan fingerprint density at radius 3 is 2.81 bits per heavy atom. The highest BCUT2D eigenvalue weighted by Gasteiger charge is 2.44. The largest absolute Gasteiger partial charge is 0.480 e. The van der Waals surface area contributed by atoms with Crippen LogP contribution >= 0.6 is 0 Å². The number of carboxylic acid groups (broad SMARTS) is 1. The van der Waals surface area contributed by atoms with Gasteiger partial charge < -0.3 is 36.4 Å². The van der Waals surface area contributed by atoms with Gasteiger partial charge in [-0.25, -0.2) is 15.0 Å². The smallest absolute Gasteiger partial charge is 0.320 e. The first kappa shape index (κ1) is 19.4. The van der Waals surface area contributed by atoms with E-state index in [0.717, 1.165) is 0 Å². The van der Waals surface area contributed by atoms with E-state index in [1.54, 1.807) is 11.9 Å². The normalized spacial score (nSPS) is 26.7. The van der Waals surface area contributed by atoms with E-state index in [9.17, 15) is 15.0 Å². The van der Waals surface area contributed by atoms with Crippen molar-refractivity contribution in [3.63, 3.8) is 0 Å². The van der Waals surface area contributed by atoms with Crippen molar-refractivity contribution in [1.29, 1.82) is 0 Å². The fraction of sp³-hybridized carbons (Fsp3) is 0.600. The summed E-state index contributed by atoms with van der Waals surface area (Å²) in [7, 11) is 1.75. The summed E-state index contributed by atoms with van der Waals surface area (Å²) in [6.45, 7) is 0.684. The lowest BCUT2D eigenvalue weighted by molar-refractivity contribution is -0.138. The second-order valence-corrected chi connectivity index (χ2v) is 6.62. The van der Waals surface area contributed by atoms with Gasteiger partial charge in [0.05, 0.1) is 6.33 Å². The number of aliphatic carboxylic acids is 1. The molecule has 1 aliphatic rings. The van der Waals surface area contributed by atoms with Crippen LogP contribution in [0.15, 0.2) is 12.7 Å². The third-order valence-corrected chi connectivity index (χ3v) is 4.63. The molecule has 0 spiro atoms. The Morgan fingerprint density at radius 2 is 2.11 bits per heavy atom. The standard InChI is InChI=1S/C15H23N7O5/c1-21(3-2-7(16)15(25)26)4-8-10(23)11(24)14(27-8)22-6-20-9-12(17)18-5-19-13(9)22/h5-8,10-11,14,23-24H,2-4,16H2,1H3,(H,25,26)(H2,17,18,19)/t7?,8-,10-,11-,14-/m1/s1. The Kier molecular flexibility index (Phi) is 5.53. The molecule has 0 radical (unpaired) electrons. The Hall–Kier alpha value is -2.38. The molecular formula is C15H23N7O5. The lowest BCUT2D eigenvalue weighted by atomic mass is 10.1. The van der Waals surface area contributed by atoms with Gasteiger partial charge in [0.15, 0.2) is 17.7 Å². The molecule has 1 saturated heterocycles. The average molecular weight is 381 g/mol. The number of rotatable bonds is 7. The summed E-state index contributed by atoms with van der Waals surface area (Å²) in [6, 6.07) is -0.956. The van der Waals surface area contributed by atoms with Gasteiger partial charge in [0.1, 0.15) is 36.2 Å². The molecule has 3 rings (SSSR count). The molecule has 12 nitrogen and oxygen atoms in total. The molecule has 27 heavy (non-hydrogen) atoms. The van der Waals surface area contributed by atoms with Crippen LogP contribution in [0.1, 0.15) is 12.6 Å². The van der Waals surface area contributed by atoms with E-state index in [-0.39, 0.29) is 18.8 Å². The minimum absolute atomic E-state index is 0.206. The number of imidazole rings is 1. The summed E-state index contributed by atoms with van der Waals surface area (Å²) in [6.07, 6.45) is -0.950. The van der Waals surface area contributed by atoms with Crippen molar-refractivity contribution >= 4 is 23.0 Å². The molecule has 0 saturated carbocycles. The molecule has 5 atom stereocenters. The number of carboxylic acids is 1. The second-order valence-electron chi connectivity index (χ2n) is 6.62.